The molecule has 2 fully saturated rings. The summed E-state index contributed by atoms with van der Waals surface area (Å²) in [7, 11) is 0. The second-order valence-corrected chi connectivity index (χ2v) is 5.92. The largest absolute Gasteiger partial charge is 0.393 e. The number of hydrogen-bond donors (Lipinski definition) is 1. The first kappa shape index (κ1) is 14.5. The van der Waals surface area contributed by atoms with Gasteiger partial charge in [0.2, 0.25) is 0 Å². The number of ether oxygens (including phenoxy) is 1. The number of aromatic nitrogens is 2. The van der Waals surface area contributed by atoms with Crippen LogP contribution in [0.2, 0.25) is 0 Å². The average molecular weight is 295 g/mol. The van der Waals surface area contributed by atoms with Crippen LogP contribution in [0.1, 0.15) is 62.7 Å². The highest BCUT2D eigenvalue weighted by molar-refractivity contribution is 5.35. The molecule has 7 nitrogen and oxygen atoms in total. The molecule has 1 aliphatic heterocycles. The van der Waals surface area contributed by atoms with Gasteiger partial charge in [0.25, 0.3) is 0 Å². The zero-order chi connectivity index (χ0) is 14.8. The Labute approximate surface area is 123 Å². The van der Waals surface area contributed by atoms with Crippen LogP contribution in [0, 0.1) is 10.1 Å². The minimum absolute atomic E-state index is 0.130. The third-order valence-corrected chi connectivity index (χ3v) is 4.49. The molecule has 0 bridgehead atoms. The summed E-state index contributed by atoms with van der Waals surface area (Å²) in [5.74, 6) is -0.313. The molecule has 0 amide bonds. The van der Waals surface area contributed by atoms with Crippen LogP contribution in [0.25, 0.3) is 0 Å². The van der Waals surface area contributed by atoms with Crippen molar-refractivity contribution in [1.82, 2.24) is 9.78 Å². The van der Waals surface area contributed by atoms with Gasteiger partial charge in [-0.15, -0.1) is 0 Å². The van der Waals surface area contributed by atoms with Gasteiger partial charge in [0.15, 0.2) is 6.23 Å². The van der Waals surface area contributed by atoms with Crippen molar-refractivity contribution in [2.24, 2.45) is 0 Å². The van der Waals surface area contributed by atoms with Crippen molar-refractivity contribution in [2.45, 2.75) is 63.2 Å². The molecule has 1 aromatic heterocycles. The SMILES string of the molecule is O=[N+]([O-])c1nn(C2CCCCO2)cc1[C@H]1CCCC[C@@H]1O. The summed E-state index contributed by atoms with van der Waals surface area (Å²) < 4.78 is 7.22. The van der Waals surface area contributed by atoms with Crippen LogP contribution >= 0.6 is 0 Å². The minimum atomic E-state index is -0.512. The van der Waals surface area contributed by atoms with Gasteiger partial charge in [-0.25, -0.2) is 0 Å². The molecule has 1 saturated carbocycles. The van der Waals surface area contributed by atoms with Crippen LogP contribution < -0.4 is 0 Å². The molecule has 1 unspecified atom stereocenters. The van der Waals surface area contributed by atoms with Gasteiger partial charge < -0.3 is 20.0 Å². The smallest absolute Gasteiger partial charge is 0.392 e. The zero-order valence-corrected chi connectivity index (χ0v) is 12.0. The van der Waals surface area contributed by atoms with Gasteiger partial charge in [0.05, 0.1) is 23.0 Å². The highest BCUT2D eigenvalue weighted by Crippen LogP contribution is 2.38. The molecule has 0 radical (unpaired) electrons. The molecule has 7 heteroatoms. The van der Waals surface area contributed by atoms with Gasteiger partial charge in [-0.2, -0.15) is 4.68 Å². The van der Waals surface area contributed by atoms with Crippen molar-refractivity contribution < 1.29 is 14.8 Å². The van der Waals surface area contributed by atoms with E-state index in [1.54, 1.807) is 10.9 Å². The Kier molecular flexibility index (Phi) is 4.21. The Hall–Kier alpha value is -1.47. The van der Waals surface area contributed by atoms with Gasteiger partial charge >= 0.3 is 5.82 Å². The number of hydrogen-bond acceptors (Lipinski definition) is 5. The van der Waals surface area contributed by atoms with E-state index < -0.39 is 11.0 Å². The maximum Gasteiger partial charge on any atom is 0.393 e. The van der Waals surface area contributed by atoms with Crippen LogP contribution in [0.15, 0.2) is 6.20 Å². The molecule has 116 valence electrons. The van der Waals surface area contributed by atoms with Crippen molar-refractivity contribution in [3.05, 3.63) is 21.9 Å². The van der Waals surface area contributed by atoms with Crippen LogP contribution in [-0.4, -0.2) is 32.5 Å². The van der Waals surface area contributed by atoms with Crippen molar-refractivity contribution in [3.63, 3.8) is 0 Å². The van der Waals surface area contributed by atoms with Crippen molar-refractivity contribution >= 4 is 5.82 Å². The summed E-state index contributed by atoms with van der Waals surface area (Å²) in [4.78, 5) is 10.8. The standard InChI is InChI=1S/C14H21N3O4/c18-12-6-2-1-5-10(12)11-9-16(15-14(11)17(19)20)13-7-3-4-8-21-13/h9-10,12-13,18H,1-8H2/t10-,12+,13?/m1/s1. The average Bonchev–Trinajstić information content (AvgIpc) is 2.94. The van der Waals surface area contributed by atoms with E-state index in [-0.39, 0.29) is 18.0 Å². The van der Waals surface area contributed by atoms with E-state index in [0.717, 1.165) is 38.5 Å². The maximum atomic E-state index is 11.3. The maximum absolute atomic E-state index is 11.3. The molecule has 2 aliphatic rings. The predicted molar refractivity (Wildman–Crippen MR) is 74.9 cm³/mol. The van der Waals surface area contributed by atoms with E-state index in [1.807, 2.05) is 0 Å². The van der Waals surface area contributed by atoms with Crippen LogP contribution in [0.5, 0.6) is 0 Å². The first-order chi connectivity index (χ1) is 10.2. The number of aliphatic hydroxyl groups excluding tert-OH is 1. The van der Waals surface area contributed by atoms with E-state index in [9.17, 15) is 15.2 Å². The van der Waals surface area contributed by atoms with Crippen molar-refractivity contribution in [1.29, 1.82) is 0 Å². The summed E-state index contributed by atoms with van der Waals surface area (Å²) in [5.41, 5.74) is 0.557. The molecular formula is C14H21N3O4. The summed E-state index contributed by atoms with van der Waals surface area (Å²) in [6.45, 7) is 0.666. The monoisotopic (exact) mass is 295 g/mol. The highest BCUT2D eigenvalue weighted by atomic mass is 16.6. The van der Waals surface area contributed by atoms with Gasteiger partial charge in [-0.1, -0.05) is 12.8 Å². The number of aliphatic hydroxyl groups is 1. The Morgan fingerprint density at radius 2 is 2.05 bits per heavy atom. The second-order valence-electron chi connectivity index (χ2n) is 5.92. The quantitative estimate of drug-likeness (QED) is 0.683. The molecule has 1 saturated heterocycles. The van der Waals surface area contributed by atoms with Gasteiger partial charge in [-0.3, -0.25) is 0 Å². The molecule has 0 spiro atoms. The summed E-state index contributed by atoms with van der Waals surface area (Å²) in [6, 6.07) is 0. The molecule has 2 heterocycles. The van der Waals surface area contributed by atoms with Crippen LogP contribution in [-0.2, 0) is 4.74 Å². The molecule has 0 aromatic carbocycles. The van der Waals surface area contributed by atoms with E-state index in [1.165, 1.54) is 0 Å². The van der Waals surface area contributed by atoms with Crippen LogP contribution in [0.4, 0.5) is 5.82 Å². The van der Waals surface area contributed by atoms with Gasteiger partial charge in [0.1, 0.15) is 0 Å². The van der Waals surface area contributed by atoms with Gasteiger partial charge in [-0.05, 0) is 37.0 Å². The van der Waals surface area contributed by atoms with E-state index in [2.05, 4.69) is 5.10 Å². The number of nitro groups is 1. The Morgan fingerprint density at radius 3 is 2.71 bits per heavy atom. The second kappa shape index (κ2) is 6.11. The Bertz CT molecular complexity index is 510. The zero-order valence-electron chi connectivity index (χ0n) is 12.0. The summed E-state index contributed by atoms with van der Waals surface area (Å²) in [6.07, 6.45) is 7.32. The minimum Gasteiger partial charge on any atom is -0.392 e. The fourth-order valence-corrected chi connectivity index (χ4v) is 3.35. The van der Waals surface area contributed by atoms with Gasteiger partial charge in [0, 0.05) is 12.5 Å². The fraction of sp³-hybridized carbons (Fsp3) is 0.786. The Morgan fingerprint density at radius 1 is 1.29 bits per heavy atom. The van der Waals surface area contributed by atoms with Crippen molar-refractivity contribution in [2.75, 3.05) is 6.61 Å². The van der Waals surface area contributed by atoms with Crippen LogP contribution in [0.3, 0.4) is 0 Å². The normalized spacial score (nSPS) is 30.2. The molecular weight excluding hydrogens is 274 g/mol. The third kappa shape index (κ3) is 2.94. The first-order valence-electron chi connectivity index (χ1n) is 7.70. The number of rotatable bonds is 3. The van der Waals surface area contributed by atoms with E-state index in [0.29, 0.717) is 18.6 Å². The molecule has 3 rings (SSSR count). The number of nitrogens with zero attached hydrogens (tertiary/aromatic N) is 3. The first-order valence-corrected chi connectivity index (χ1v) is 7.70. The predicted octanol–water partition coefficient (Wildman–Crippen LogP) is 2.51. The molecule has 1 aliphatic carbocycles. The summed E-state index contributed by atoms with van der Waals surface area (Å²) in [5, 5.41) is 25.6. The lowest BCUT2D eigenvalue weighted by atomic mass is 9.82. The molecule has 3 atom stereocenters. The molecule has 1 aromatic rings. The molecule has 21 heavy (non-hydrogen) atoms. The summed E-state index contributed by atoms with van der Waals surface area (Å²) >= 11 is 0. The lowest BCUT2D eigenvalue weighted by molar-refractivity contribution is -0.391. The van der Waals surface area contributed by atoms with E-state index in [4.69, 9.17) is 4.74 Å². The third-order valence-electron chi connectivity index (χ3n) is 4.49. The topological polar surface area (TPSA) is 90.4 Å². The fourth-order valence-electron chi connectivity index (χ4n) is 3.35. The van der Waals surface area contributed by atoms with E-state index >= 15 is 0 Å². The lowest BCUT2D eigenvalue weighted by Gasteiger charge is -2.26. The molecule has 1 N–H and O–H groups in total. The Balaban J connectivity index is 1.90. The highest BCUT2D eigenvalue weighted by Gasteiger charge is 2.35. The van der Waals surface area contributed by atoms with Crippen molar-refractivity contribution in [3.8, 4) is 0 Å². The lowest BCUT2D eigenvalue weighted by Crippen LogP contribution is -2.23.